The van der Waals surface area contributed by atoms with E-state index in [1.807, 2.05) is 6.07 Å². The molecule has 0 bridgehead atoms. The van der Waals surface area contributed by atoms with Gasteiger partial charge in [-0.3, -0.25) is 4.79 Å². The first-order chi connectivity index (χ1) is 7.54. The molecule has 1 aromatic rings. The highest BCUT2D eigenvalue weighted by Gasteiger charge is 2.20. The molecule has 88 valence electrons. The fourth-order valence-corrected chi connectivity index (χ4v) is 1.61. The highest BCUT2D eigenvalue weighted by molar-refractivity contribution is 7.79. The fraction of sp³-hybridized carbons (Fsp3) is 0.364. The van der Waals surface area contributed by atoms with Gasteiger partial charge < -0.3 is 15.9 Å². The quantitative estimate of drug-likeness (QED) is 0.563. The number of benzene rings is 1. The Morgan fingerprint density at radius 2 is 2.12 bits per heavy atom. The third kappa shape index (κ3) is 3.52. The van der Waals surface area contributed by atoms with E-state index in [9.17, 15) is 15.0 Å². The van der Waals surface area contributed by atoms with Gasteiger partial charge in [0.05, 0.1) is 12.5 Å². The molecule has 2 unspecified atom stereocenters. The van der Waals surface area contributed by atoms with E-state index < -0.39 is 18.1 Å². The van der Waals surface area contributed by atoms with Crippen molar-refractivity contribution in [1.29, 1.82) is 0 Å². The van der Waals surface area contributed by atoms with Gasteiger partial charge in [-0.05, 0) is 11.1 Å². The van der Waals surface area contributed by atoms with Crippen molar-refractivity contribution in [3.63, 3.8) is 0 Å². The predicted molar refractivity (Wildman–Crippen MR) is 63.9 cm³/mol. The Kier molecular flexibility index (Phi) is 4.79. The van der Waals surface area contributed by atoms with Crippen LogP contribution in [0.25, 0.3) is 0 Å². The van der Waals surface area contributed by atoms with E-state index in [4.69, 9.17) is 5.73 Å². The van der Waals surface area contributed by atoms with Gasteiger partial charge in [-0.15, -0.1) is 0 Å². The summed E-state index contributed by atoms with van der Waals surface area (Å²) in [5.41, 5.74) is 6.44. The summed E-state index contributed by atoms with van der Waals surface area (Å²) in [4.78, 5) is 10.6. The molecular formula is C11H15NO3S. The number of carbonyl (C=O) groups is 1. The number of rotatable bonds is 5. The Balaban J connectivity index is 2.78. The standard InChI is InChI=1S/C11H15NO3S/c12-10(14)5-9(13)11(15)8-3-1-2-7(4-8)6-16/h1-4,9,11,13,15-16H,5-6H2,(H2,12,14). The number of thiol groups is 1. The largest absolute Gasteiger partial charge is 0.390 e. The van der Waals surface area contributed by atoms with Crippen LogP contribution >= 0.6 is 12.6 Å². The van der Waals surface area contributed by atoms with Gasteiger partial charge in [-0.2, -0.15) is 12.6 Å². The minimum absolute atomic E-state index is 0.258. The van der Waals surface area contributed by atoms with Gasteiger partial charge in [-0.25, -0.2) is 0 Å². The molecule has 0 radical (unpaired) electrons. The van der Waals surface area contributed by atoms with Crippen LogP contribution in [0.2, 0.25) is 0 Å². The van der Waals surface area contributed by atoms with E-state index in [1.54, 1.807) is 18.2 Å². The summed E-state index contributed by atoms with van der Waals surface area (Å²) in [5.74, 6) is -0.0937. The van der Waals surface area contributed by atoms with Crippen LogP contribution < -0.4 is 5.73 Å². The second-order valence-electron chi connectivity index (χ2n) is 3.59. The molecule has 0 aliphatic carbocycles. The van der Waals surface area contributed by atoms with Crippen LogP contribution in [0.15, 0.2) is 24.3 Å². The monoisotopic (exact) mass is 241 g/mol. The number of hydrogen-bond donors (Lipinski definition) is 4. The van der Waals surface area contributed by atoms with Crippen molar-refractivity contribution in [3.05, 3.63) is 35.4 Å². The van der Waals surface area contributed by atoms with Crippen molar-refractivity contribution < 1.29 is 15.0 Å². The lowest BCUT2D eigenvalue weighted by Gasteiger charge is -2.17. The van der Waals surface area contributed by atoms with Gasteiger partial charge in [0.1, 0.15) is 6.10 Å². The van der Waals surface area contributed by atoms with E-state index in [-0.39, 0.29) is 6.42 Å². The van der Waals surface area contributed by atoms with Crippen LogP contribution in [0.4, 0.5) is 0 Å². The molecule has 0 spiro atoms. The van der Waals surface area contributed by atoms with Gasteiger partial charge >= 0.3 is 0 Å². The summed E-state index contributed by atoms with van der Waals surface area (Å²) >= 11 is 4.11. The Morgan fingerprint density at radius 3 is 2.69 bits per heavy atom. The molecule has 4 nitrogen and oxygen atoms in total. The number of amides is 1. The molecule has 0 aliphatic rings. The van der Waals surface area contributed by atoms with Gasteiger partial charge in [0.25, 0.3) is 0 Å². The molecule has 0 saturated carbocycles. The Labute approximate surface area is 99.5 Å². The molecule has 0 aromatic heterocycles. The zero-order chi connectivity index (χ0) is 12.1. The van der Waals surface area contributed by atoms with Crippen LogP contribution in [-0.4, -0.2) is 22.2 Å². The van der Waals surface area contributed by atoms with Crippen molar-refractivity contribution in [2.24, 2.45) is 5.73 Å². The minimum Gasteiger partial charge on any atom is -0.390 e. The molecule has 0 fully saturated rings. The zero-order valence-electron chi connectivity index (χ0n) is 8.71. The molecule has 0 saturated heterocycles. The molecule has 4 N–H and O–H groups in total. The SMILES string of the molecule is NC(=O)CC(O)C(O)c1cccc(CS)c1. The molecule has 2 atom stereocenters. The number of nitrogens with two attached hydrogens (primary N) is 1. The van der Waals surface area contributed by atoms with Crippen LogP contribution in [0.3, 0.4) is 0 Å². The van der Waals surface area contributed by atoms with Gasteiger partial charge in [0, 0.05) is 5.75 Å². The highest BCUT2D eigenvalue weighted by atomic mass is 32.1. The van der Waals surface area contributed by atoms with Crippen LogP contribution in [0, 0.1) is 0 Å². The third-order valence-corrected chi connectivity index (χ3v) is 2.62. The average molecular weight is 241 g/mol. The third-order valence-electron chi connectivity index (χ3n) is 2.25. The smallest absolute Gasteiger partial charge is 0.220 e. The van der Waals surface area contributed by atoms with E-state index in [0.717, 1.165) is 5.56 Å². The number of aliphatic hydroxyl groups is 2. The van der Waals surface area contributed by atoms with Crippen molar-refractivity contribution >= 4 is 18.5 Å². The lowest BCUT2D eigenvalue weighted by Crippen LogP contribution is -2.25. The Morgan fingerprint density at radius 1 is 1.44 bits per heavy atom. The maximum absolute atomic E-state index is 10.6. The topological polar surface area (TPSA) is 83.6 Å². The maximum atomic E-state index is 10.6. The van der Waals surface area contributed by atoms with Crippen molar-refractivity contribution in [3.8, 4) is 0 Å². The van der Waals surface area contributed by atoms with Crippen molar-refractivity contribution in [1.82, 2.24) is 0 Å². The lowest BCUT2D eigenvalue weighted by molar-refractivity contribution is -0.121. The molecule has 5 heteroatoms. The summed E-state index contributed by atoms with van der Waals surface area (Å²) < 4.78 is 0. The Hall–Kier alpha value is -1.04. The minimum atomic E-state index is -1.17. The molecule has 0 aliphatic heterocycles. The number of carbonyl (C=O) groups excluding carboxylic acids is 1. The first kappa shape index (κ1) is 13.0. The summed E-state index contributed by atoms with van der Waals surface area (Å²) in [6.07, 6.45) is -2.54. The normalized spacial score (nSPS) is 14.4. The van der Waals surface area contributed by atoms with Gasteiger partial charge in [0.15, 0.2) is 0 Å². The molecule has 1 aromatic carbocycles. The molecule has 16 heavy (non-hydrogen) atoms. The van der Waals surface area contributed by atoms with Crippen LogP contribution in [0.5, 0.6) is 0 Å². The van der Waals surface area contributed by atoms with E-state index in [2.05, 4.69) is 12.6 Å². The first-order valence-electron chi connectivity index (χ1n) is 4.88. The van der Waals surface area contributed by atoms with Crippen LogP contribution in [0.1, 0.15) is 23.7 Å². The number of aliphatic hydroxyl groups excluding tert-OH is 2. The fourth-order valence-electron chi connectivity index (χ4n) is 1.42. The first-order valence-corrected chi connectivity index (χ1v) is 5.52. The van der Waals surface area contributed by atoms with E-state index in [1.165, 1.54) is 0 Å². The maximum Gasteiger partial charge on any atom is 0.220 e. The summed E-state index contributed by atoms with van der Waals surface area (Å²) in [5, 5.41) is 19.3. The second kappa shape index (κ2) is 5.89. The molecule has 1 rings (SSSR count). The summed E-state index contributed by atoms with van der Waals surface area (Å²) in [6.45, 7) is 0. The van der Waals surface area contributed by atoms with Gasteiger partial charge in [0.2, 0.25) is 5.91 Å². The number of primary amides is 1. The molecular weight excluding hydrogens is 226 g/mol. The van der Waals surface area contributed by atoms with Crippen molar-refractivity contribution in [2.75, 3.05) is 0 Å². The summed E-state index contributed by atoms with van der Waals surface area (Å²) in [7, 11) is 0. The lowest BCUT2D eigenvalue weighted by atomic mass is 10.0. The second-order valence-corrected chi connectivity index (χ2v) is 3.90. The summed E-state index contributed by atoms with van der Waals surface area (Å²) in [6, 6.07) is 7.05. The Bertz CT molecular complexity index is 370. The van der Waals surface area contributed by atoms with Crippen LogP contribution in [-0.2, 0) is 10.5 Å². The zero-order valence-corrected chi connectivity index (χ0v) is 9.60. The molecule has 0 heterocycles. The highest BCUT2D eigenvalue weighted by Crippen LogP contribution is 2.20. The van der Waals surface area contributed by atoms with Crippen molar-refractivity contribution in [2.45, 2.75) is 24.4 Å². The van der Waals surface area contributed by atoms with Gasteiger partial charge in [-0.1, -0.05) is 24.3 Å². The van der Waals surface area contributed by atoms with E-state index >= 15 is 0 Å². The predicted octanol–water partition coefficient (Wildman–Crippen LogP) is 0.386. The average Bonchev–Trinajstić information content (AvgIpc) is 2.27. The van der Waals surface area contributed by atoms with E-state index in [0.29, 0.717) is 11.3 Å². The molecule has 1 amide bonds. The number of hydrogen-bond acceptors (Lipinski definition) is 4.